The fourth-order valence-electron chi connectivity index (χ4n) is 3.58. The molecule has 0 aliphatic carbocycles. The molecule has 0 fully saturated rings. The van der Waals surface area contributed by atoms with Crippen molar-refractivity contribution in [3.63, 3.8) is 0 Å². The van der Waals surface area contributed by atoms with Gasteiger partial charge >= 0.3 is 5.69 Å². The zero-order chi connectivity index (χ0) is 23.5. The number of carbonyl (C=O) groups excluding carboxylic acids is 1. The second-order valence-electron chi connectivity index (χ2n) is 7.30. The predicted octanol–water partition coefficient (Wildman–Crippen LogP) is 2.59. The average Bonchev–Trinajstić information content (AvgIpc) is 3.24. The van der Waals surface area contributed by atoms with E-state index in [1.165, 1.54) is 29.1 Å². The van der Waals surface area contributed by atoms with Gasteiger partial charge in [-0.1, -0.05) is 41.9 Å². The zero-order valence-corrected chi connectivity index (χ0v) is 18.4. The van der Waals surface area contributed by atoms with Gasteiger partial charge in [0.25, 0.3) is 5.56 Å². The number of carbonyl (C=O) groups is 1. The van der Waals surface area contributed by atoms with Gasteiger partial charge in [-0.2, -0.15) is 5.26 Å². The van der Waals surface area contributed by atoms with Gasteiger partial charge in [0, 0.05) is 11.6 Å². The molecule has 33 heavy (non-hydrogen) atoms. The smallest absolute Gasteiger partial charge is 0.325 e. The summed E-state index contributed by atoms with van der Waals surface area (Å²) in [5.41, 5.74) is 0.489. The van der Waals surface area contributed by atoms with Gasteiger partial charge in [0.1, 0.15) is 12.6 Å². The van der Waals surface area contributed by atoms with Crippen LogP contribution in [-0.4, -0.2) is 24.6 Å². The van der Waals surface area contributed by atoms with Gasteiger partial charge in [-0.15, -0.1) is 0 Å². The van der Waals surface area contributed by atoms with Crippen molar-refractivity contribution in [3.8, 4) is 6.07 Å². The molecule has 4 rings (SSSR count). The third-order valence-electron chi connectivity index (χ3n) is 5.19. The highest BCUT2D eigenvalue weighted by Gasteiger charge is 2.20. The van der Waals surface area contributed by atoms with Crippen LogP contribution in [0.1, 0.15) is 18.1 Å². The van der Waals surface area contributed by atoms with Crippen LogP contribution >= 0.6 is 11.6 Å². The Hall–Kier alpha value is -4.16. The van der Waals surface area contributed by atoms with E-state index in [4.69, 9.17) is 11.6 Å². The number of aromatic nitrogens is 4. The zero-order valence-electron chi connectivity index (χ0n) is 17.7. The highest BCUT2D eigenvalue weighted by Crippen LogP contribution is 2.20. The monoisotopic (exact) mass is 462 g/mol. The molecule has 166 valence electrons. The highest BCUT2D eigenvalue weighted by atomic mass is 35.5. The lowest BCUT2D eigenvalue weighted by atomic mass is 10.2. The van der Waals surface area contributed by atoms with E-state index in [1.54, 1.807) is 4.57 Å². The molecular weight excluding hydrogens is 444 g/mol. The van der Waals surface area contributed by atoms with E-state index in [1.807, 2.05) is 43.3 Å². The summed E-state index contributed by atoms with van der Waals surface area (Å²) < 4.78 is 3.90. The second-order valence-corrected chi connectivity index (χ2v) is 7.73. The van der Waals surface area contributed by atoms with Gasteiger partial charge in [0.05, 0.1) is 24.1 Å². The number of rotatable bonds is 6. The van der Waals surface area contributed by atoms with Crippen LogP contribution in [0.2, 0.25) is 5.02 Å². The topological polar surface area (TPSA) is 115 Å². The third kappa shape index (κ3) is 4.29. The number of anilines is 1. The summed E-state index contributed by atoms with van der Waals surface area (Å²) in [7, 11) is 0. The summed E-state index contributed by atoms with van der Waals surface area (Å²) in [6.45, 7) is 1.97. The van der Waals surface area contributed by atoms with Gasteiger partial charge in [-0.25, -0.2) is 14.3 Å². The molecule has 0 aliphatic heterocycles. The van der Waals surface area contributed by atoms with Crippen LogP contribution in [0.3, 0.4) is 0 Å². The van der Waals surface area contributed by atoms with Crippen molar-refractivity contribution in [1.29, 1.82) is 5.26 Å². The summed E-state index contributed by atoms with van der Waals surface area (Å²) in [6.07, 6.45) is 1.50. The number of aryl methyl sites for hydroxylation is 1. The maximum atomic E-state index is 13.3. The standard InChI is InChI=1S/C23H19ClN6O3/c1-2-28-14-26-21-20(28)22(32)30(23(33)29(21)12-15-6-4-3-5-7-15)13-19(31)27-18-10-17(24)9-8-16(18)11-25/h3-10,14H,2,12-13H2,1H3,(H,27,31). The molecule has 2 heterocycles. The minimum atomic E-state index is -0.653. The van der Waals surface area contributed by atoms with Crippen molar-refractivity contribution in [2.24, 2.45) is 0 Å². The van der Waals surface area contributed by atoms with Crippen LogP contribution < -0.4 is 16.6 Å². The first-order chi connectivity index (χ1) is 15.9. The van der Waals surface area contributed by atoms with E-state index in [2.05, 4.69) is 10.3 Å². The number of amides is 1. The Kier molecular flexibility index (Phi) is 6.11. The van der Waals surface area contributed by atoms with E-state index >= 15 is 0 Å². The van der Waals surface area contributed by atoms with Crippen LogP contribution in [0.15, 0.2) is 64.4 Å². The summed E-state index contributed by atoms with van der Waals surface area (Å²) in [6, 6.07) is 15.7. The Morgan fingerprint density at radius 1 is 1.15 bits per heavy atom. The van der Waals surface area contributed by atoms with Gasteiger partial charge in [-0.3, -0.25) is 14.2 Å². The lowest BCUT2D eigenvalue weighted by molar-refractivity contribution is -0.116. The molecule has 0 spiro atoms. The summed E-state index contributed by atoms with van der Waals surface area (Å²) in [4.78, 5) is 43.5. The molecule has 1 N–H and O–H groups in total. The van der Waals surface area contributed by atoms with Crippen LogP contribution in [0.5, 0.6) is 0 Å². The Morgan fingerprint density at radius 3 is 2.61 bits per heavy atom. The number of hydrogen-bond acceptors (Lipinski definition) is 5. The number of imidazole rings is 1. The van der Waals surface area contributed by atoms with Crippen molar-refractivity contribution in [2.45, 2.75) is 26.6 Å². The fraction of sp³-hybridized carbons (Fsp3) is 0.174. The first-order valence-electron chi connectivity index (χ1n) is 10.1. The normalized spacial score (nSPS) is 10.8. The van der Waals surface area contributed by atoms with E-state index < -0.39 is 23.7 Å². The van der Waals surface area contributed by atoms with Gasteiger partial charge in [-0.05, 0) is 30.7 Å². The SMILES string of the molecule is CCn1cnc2c1c(=O)n(CC(=O)Nc1cc(Cl)ccc1C#N)c(=O)n2Cc1ccccc1. The number of fused-ring (bicyclic) bond motifs is 1. The van der Waals surface area contributed by atoms with Crippen molar-refractivity contribution >= 4 is 34.4 Å². The molecule has 10 heteroatoms. The van der Waals surface area contributed by atoms with Crippen LogP contribution in [0.4, 0.5) is 5.69 Å². The summed E-state index contributed by atoms with van der Waals surface area (Å²) in [5, 5.41) is 12.2. The summed E-state index contributed by atoms with van der Waals surface area (Å²) in [5.74, 6) is -0.638. The Bertz CT molecular complexity index is 1510. The molecule has 2 aromatic carbocycles. The van der Waals surface area contributed by atoms with E-state index in [9.17, 15) is 19.6 Å². The Morgan fingerprint density at radius 2 is 1.91 bits per heavy atom. The van der Waals surface area contributed by atoms with E-state index in [0.717, 1.165) is 10.1 Å². The van der Waals surface area contributed by atoms with Crippen molar-refractivity contribution < 1.29 is 4.79 Å². The number of nitrogens with zero attached hydrogens (tertiary/aromatic N) is 5. The van der Waals surface area contributed by atoms with Crippen LogP contribution in [0, 0.1) is 11.3 Å². The van der Waals surface area contributed by atoms with Crippen LogP contribution in [-0.2, 0) is 24.4 Å². The number of nitriles is 1. The molecule has 0 bridgehead atoms. The first kappa shape index (κ1) is 22.0. The average molecular weight is 463 g/mol. The molecule has 0 atom stereocenters. The minimum Gasteiger partial charge on any atom is -0.325 e. The minimum absolute atomic E-state index is 0.186. The predicted molar refractivity (Wildman–Crippen MR) is 124 cm³/mol. The van der Waals surface area contributed by atoms with Crippen molar-refractivity contribution in [3.05, 3.63) is 91.8 Å². The largest absolute Gasteiger partial charge is 0.333 e. The molecule has 0 aliphatic rings. The number of benzene rings is 2. The quantitative estimate of drug-likeness (QED) is 0.473. The number of halogens is 1. The maximum absolute atomic E-state index is 13.3. The molecule has 4 aromatic rings. The molecule has 0 radical (unpaired) electrons. The lowest BCUT2D eigenvalue weighted by Gasteiger charge is -2.13. The second kappa shape index (κ2) is 9.14. The first-order valence-corrected chi connectivity index (χ1v) is 10.5. The molecule has 0 unspecified atom stereocenters. The maximum Gasteiger partial charge on any atom is 0.333 e. The Balaban J connectivity index is 1.78. The van der Waals surface area contributed by atoms with E-state index in [-0.39, 0.29) is 29.0 Å². The molecule has 9 nitrogen and oxygen atoms in total. The summed E-state index contributed by atoms with van der Waals surface area (Å²) >= 11 is 5.97. The lowest BCUT2D eigenvalue weighted by Crippen LogP contribution is -2.43. The third-order valence-corrected chi connectivity index (χ3v) is 5.42. The molecule has 0 saturated heterocycles. The van der Waals surface area contributed by atoms with Crippen molar-refractivity contribution in [1.82, 2.24) is 18.7 Å². The number of hydrogen-bond donors (Lipinski definition) is 1. The van der Waals surface area contributed by atoms with Crippen LogP contribution in [0.25, 0.3) is 11.2 Å². The van der Waals surface area contributed by atoms with Gasteiger partial charge in [0.2, 0.25) is 5.91 Å². The van der Waals surface area contributed by atoms with Crippen molar-refractivity contribution in [2.75, 3.05) is 5.32 Å². The van der Waals surface area contributed by atoms with E-state index in [0.29, 0.717) is 11.6 Å². The number of nitrogens with one attached hydrogen (secondary N) is 1. The molecule has 0 saturated carbocycles. The van der Waals surface area contributed by atoms with Gasteiger partial charge < -0.3 is 9.88 Å². The molecule has 1 amide bonds. The molecular formula is C23H19ClN6O3. The Labute approximate surface area is 193 Å². The molecule has 2 aromatic heterocycles. The highest BCUT2D eigenvalue weighted by molar-refractivity contribution is 6.31. The fourth-order valence-corrected chi connectivity index (χ4v) is 3.75. The van der Waals surface area contributed by atoms with Gasteiger partial charge in [0.15, 0.2) is 11.2 Å².